The number of hydrogen-bond acceptors (Lipinski definition) is 6. The van der Waals surface area contributed by atoms with Crippen LogP contribution in [-0.4, -0.2) is 64.7 Å². The smallest absolute Gasteiger partial charge is 0.242 e. The minimum absolute atomic E-state index is 0.0900. The van der Waals surface area contributed by atoms with Gasteiger partial charge in [-0.2, -0.15) is 0 Å². The Labute approximate surface area is 214 Å². The third kappa shape index (κ3) is 8.15. The molecular formula is C26H37N3O6S. The van der Waals surface area contributed by atoms with Crippen molar-refractivity contribution in [2.24, 2.45) is 0 Å². The van der Waals surface area contributed by atoms with Gasteiger partial charge in [0.15, 0.2) is 0 Å². The standard InChI is InChI=1S/C26H37N3O6S/c1-6-24(26(31)27-3)28(19-20-10-14-22(34-4)15-11-20)25(30)9-8-18-29(36(5,32)33)21-12-16-23(17-13-21)35-7-2/h10-17,24H,6-9,18-19H2,1-5H3,(H,27,31). The number of nitrogens with one attached hydrogen (secondary N) is 1. The van der Waals surface area contributed by atoms with Gasteiger partial charge in [-0.15, -0.1) is 0 Å². The summed E-state index contributed by atoms with van der Waals surface area (Å²) in [5.74, 6) is 0.886. The zero-order valence-electron chi connectivity index (χ0n) is 21.7. The predicted octanol–water partition coefficient (Wildman–Crippen LogP) is 3.19. The topological polar surface area (TPSA) is 105 Å². The molecule has 2 aromatic carbocycles. The Kier molecular flexibility index (Phi) is 11.0. The van der Waals surface area contributed by atoms with Crippen molar-refractivity contribution in [2.75, 3.05) is 37.9 Å². The van der Waals surface area contributed by atoms with E-state index in [0.29, 0.717) is 36.6 Å². The maximum absolute atomic E-state index is 13.3. The highest BCUT2D eigenvalue weighted by molar-refractivity contribution is 7.92. The lowest BCUT2D eigenvalue weighted by Crippen LogP contribution is -2.48. The molecule has 1 unspecified atom stereocenters. The Hall–Kier alpha value is -3.27. The molecule has 2 amide bonds. The number of carbonyl (C=O) groups is 2. The van der Waals surface area contributed by atoms with Gasteiger partial charge in [0.05, 0.1) is 25.7 Å². The van der Waals surface area contributed by atoms with Gasteiger partial charge in [0.2, 0.25) is 21.8 Å². The molecule has 10 heteroatoms. The van der Waals surface area contributed by atoms with Crippen LogP contribution >= 0.6 is 0 Å². The van der Waals surface area contributed by atoms with E-state index in [1.165, 1.54) is 4.31 Å². The van der Waals surface area contributed by atoms with E-state index in [-0.39, 0.29) is 31.3 Å². The molecule has 0 saturated carbocycles. The van der Waals surface area contributed by atoms with Crippen molar-refractivity contribution in [3.8, 4) is 11.5 Å². The van der Waals surface area contributed by atoms with E-state index < -0.39 is 16.1 Å². The highest BCUT2D eigenvalue weighted by Gasteiger charge is 2.28. The maximum atomic E-state index is 13.3. The van der Waals surface area contributed by atoms with E-state index in [1.807, 2.05) is 26.0 Å². The van der Waals surface area contributed by atoms with Crippen LogP contribution < -0.4 is 19.1 Å². The fourth-order valence-corrected chi connectivity index (χ4v) is 4.86. The highest BCUT2D eigenvalue weighted by atomic mass is 32.2. The number of amides is 2. The number of sulfonamides is 1. The summed E-state index contributed by atoms with van der Waals surface area (Å²) in [5, 5.41) is 2.63. The fraction of sp³-hybridized carbons (Fsp3) is 0.462. The number of methoxy groups -OCH3 is 1. The second kappa shape index (κ2) is 13.7. The molecular weight excluding hydrogens is 482 g/mol. The Bertz CT molecular complexity index is 1090. The fourth-order valence-electron chi connectivity index (χ4n) is 3.89. The lowest BCUT2D eigenvalue weighted by atomic mass is 10.1. The Morgan fingerprint density at radius 2 is 1.61 bits per heavy atom. The monoisotopic (exact) mass is 519 g/mol. The van der Waals surface area contributed by atoms with Crippen molar-refractivity contribution in [2.45, 2.75) is 45.7 Å². The lowest BCUT2D eigenvalue weighted by molar-refractivity contribution is -0.141. The van der Waals surface area contributed by atoms with Crippen molar-refractivity contribution in [1.82, 2.24) is 10.2 Å². The van der Waals surface area contributed by atoms with Crippen LogP contribution in [0.4, 0.5) is 5.69 Å². The van der Waals surface area contributed by atoms with E-state index in [9.17, 15) is 18.0 Å². The number of carbonyl (C=O) groups excluding carboxylic acids is 2. The van der Waals surface area contributed by atoms with Crippen molar-refractivity contribution in [3.05, 3.63) is 54.1 Å². The van der Waals surface area contributed by atoms with E-state index in [0.717, 1.165) is 11.8 Å². The van der Waals surface area contributed by atoms with Gasteiger partial charge < -0.3 is 19.7 Å². The van der Waals surface area contributed by atoms with Crippen LogP contribution in [0.1, 0.15) is 38.7 Å². The molecule has 0 heterocycles. The number of anilines is 1. The van der Waals surface area contributed by atoms with Gasteiger partial charge in [-0.1, -0.05) is 19.1 Å². The summed E-state index contributed by atoms with van der Waals surface area (Å²) in [4.78, 5) is 27.4. The number of ether oxygens (including phenoxy) is 2. The van der Waals surface area contributed by atoms with Crippen molar-refractivity contribution >= 4 is 27.5 Å². The molecule has 0 aromatic heterocycles. The first-order valence-corrected chi connectivity index (χ1v) is 13.8. The second-order valence-electron chi connectivity index (χ2n) is 8.27. The molecule has 1 atom stereocenters. The molecule has 2 rings (SSSR count). The van der Waals surface area contributed by atoms with Crippen LogP contribution in [0.15, 0.2) is 48.5 Å². The van der Waals surface area contributed by atoms with Gasteiger partial charge in [-0.05, 0) is 61.7 Å². The van der Waals surface area contributed by atoms with Gasteiger partial charge >= 0.3 is 0 Å². The third-order valence-corrected chi connectivity index (χ3v) is 6.93. The van der Waals surface area contributed by atoms with Gasteiger partial charge in [0.25, 0.3) is 0 Å². The molecule has 2 aromatic rings. The Morgan fingerprint density at radius 1 is 1.00 bits per heavy atom. The molecule has 1 N–H and O–H groups in total. The Balaban J connectivity index is 2.16. The van der Waals surface area contributed by atoms with Crippen molar-refractivity contribution < 1.29 is 27.5 Å². The van der Waals surface area contributed by atoms with Gasteiger partial charge in [-0.25, -0.2) is 8.42 Å². The molecule has 198 valence electrons. The molecule has 0 fully saturated rings. The molecule has 0 aliphatic heterocycles. The lowest BCUT2D eigenvalue weighted by Gasteiger charge is -2.31. The number of rotatable bonds is 14. The van der Waals surface area contributed by atoms with Crippen LogP contribution in [0.2, 0.25) is 0 Å². The Morgan fingerprint density at radius 3 is 2.11 bits per heavy atom. The van der Waals surface area contributed by atoms with Gasteiger partial charge in [-0.3, -0.25) is 13.9 Å². The van der Waals surface area contributed by atoms with E-state index in [4.69, 9.17) is 9.47 Å². The van der Waals surface area contributed by atoms with Crippen molar-refractivity contribution in [3.63, 3.8) is 0 Å². The molecule has 0 aliphatic rings. The molecule has 0 bridgehead atoms. The maximum Gasteiger partial charge on any atom is 0.242 e. The number of nitrogens with zero attached hydrogens (tertiary/aromatic N) is 2. The summed E-state index contributed by atoms with van der Waals surface area (Å²) in [6, 6.07) is 13.5. The number of benzene rings is 2. The van der Waals surface area contributed by atoms with Crippen molar-refractivity contribution in [1.29, 1.82) is 0 Å². The van der Waals surface area contributed by atoms with Gasteiger partial charge in [0.1, 0.15) is 17.5 Å². The average Bonchev–Trinajstić information content (AvgIpc) is 2.86. The van der Waals surface area contributed by atoms with Crippen LogP contribution in [0.3, 0.4) is 0 Å². The summed E-state index contributed by atoms with van der Waals surface area (Å²) in [6.07, 6.45) is 1.97. The molecule has 36 heavy (non-hydrogen) atoms. The first-order chi connectivity index (χ1) is 17.1. The molecule has 9 nitrogen and oxygen atoms in total. The SMILES string of the molecule is CCOc1ccc(N(CCCC(=O)N(Cc2ccc(OC)cc2)C(CC)C(=O)NC)S(C)(=O)=O)cc1. The number of hydrogen-bond donors (Lipinski definition) is 1. The molecule has 0 radical (unpaired) electrons. The van der Waals surface area contributed by atoms with E-state index >= 15 is 0 Å². The normalized spacial score (nSPS) is 11.9. The zero-order valence-corrected chi connectivity index (χ0v) is 22.5. The zero-order chi connectivity index (χ0) is 26.7. The summed E-state index contributed by atoms with van der Waals surface area (Å²) in [6.45, 7) is 4.62. The highest BCUT2D eigenvalue weighted by Crippen LogP contribution is 2.23. The van der Waals surface area contributed by atoms with E-state index in [1.54, 1.807) is 55.5 Å². The quantitative estimate of drug-likeness (QED) is 0.411. The first kappa shape index (κ1) is 29.0. The minimum Gasteiger partial charge on any atom is -0.497 e. The number of likely N-dealkylation sites (N-methyl/N-ethyl adjacent to an activating group) is 1. The summed E-state index contributed by atoms with van der Waals surface area (Å²) < 4.78 is 36.8. The molecule has 0 saturated heterocycles. The van der Waals surface area contributed by atoms with Crippen LogP contribution in [0.25, 0.3) is 0 Å². The summed E-state index contributed by atoms with van der Waals surface area (Å²) in [5.41, 5.74) is 1.36. The van der Waals surface area contributed by atoms with Crippen LogP contribution in [0, 0.1) is 0 Å². The minimum atomic E-state index is -3.56. The first-order valence-electron chi connectivity index (χ1n) is 12.0. The average molecular weight is 520 g/mol. The second-order valence-corrected chi connectivity index (χ2v) is 10.2. The molecule has 0 aliphatic carbocycles. The molecule has 0 spiro atoms. The largest absolute Gasteiger partial charge is 0.497 e. The van der Waals surface area contributed by atoms with Crippen LogP contribution in [0.5, 0.6) is 11.5 Å². The van der Waals surface area contributed by atoms with Gasteiger partial charge in [0, 0.05) is 26.6 Å². The summed E-state index contributed by atoms with van der Waals surface area (Å²) >= 11 is 0. The summed E-state index contributed by atoms with van der Waals surface area (Å²) in [7, 11) is -0.440. The van der Waals surface area contributed by atoms with Crippen LogP contribution in [-0.2, 0) is 26.2 Å². The third-order valence-electron chi connectivity index (χ3n) is 5.73. The predicted molar refractivity (Wildman–Crippen MR) is 141 cm³/mol. The van der Waals surface area contributed by atoms with E-state index in [2.05, 4.69) is 5.32 Å².